The van der Waals surface area contributed by atoms with Crippen LogP contribution in [0.2, 0.25) is 0 Å². The molecule has 0 unspecified atom stereocenters. The molecule has 3 rings (SSSR count). The van der Waals surface area contributed by atoms with Crippen LogP contribution in [0.1, 0.15) is 5.56 Å². The number of aromatic nitrogens is 1. The highest BCUT2D eigenvalue weighted by atomic mass is 32.2. The number of hydrogen-bond acceptors (Lipinski definition) is 5. The first-order valence-corrected chi connectivity index (χ1v) is 8.58. The van der Waals surface area contributed by atoms with Crippen molar-refractivity contribution in [1.82, 2.24) is 4.98 Å². The van der Waals surface area contributed by atoms with Crippen LogP contribution in [0.15, 0.2) is 70.5 Å². The fourth-order valence-corrected chi connectivity index (χ4v) is 3.67. The highest BCUT2D eigenvalue weighted by Crippen LogP contribution is 2.30. The first-order chi connectivity index (χ1) is 11.1. The average Bonchev–Trinajstić information content (AvgIpc) is 3.09. The molecule has 0 N–H and O–H groups in total. The van der Waals surface area contributed by atoms with Gasteiger partial charge in [-0.15, -0.1) is 0 Å². The van der Waals surface area contributed by atoms with Gasteiger partial charge in [0, 0.05) is 5.56 Å². The van der Waals surface area contributed by atoms with Crippen molar-refractivity contribution in [3.63, 3.8) is 0 Å². The lowest BCUT2D eigenvalue weighted by Gasteiger charge is -2.10. The zero-order chi connectivity index (χ0) is 16.3. The van der Waals surface area contributed by atoms with Gasteiger partial charge in [-0.2, -0.15) is 0 Å². The Morgan fingerprint density at radius 1 is 1.13 bits per heavy atom. The minimum Gasteiger partial charge on any atom is -0.496 e. The monoisotopic (exact) mass is 329 g/mol. The third-order valence-corrected chi connectivity index (χ3v) is 5.14. The molecule has 0 saturated carbocycles. The Balaban J connectivity index is 1.93. The zero-order valence-corrected chi connectivity index (χ0v) is 13.3. The van der Waals surface area contributed by atoms with Crippen molar-refractivity contribution in [2.24, 2.45) is 0 Å². The second kappa shape index (κ2) is 6.26. The number of methoxy groups -OCH3 is 1. The molecule has 2 aromatic carbocycles. The number of oxazole rings is 1. The highest BCUT2D eigenvalue weighted by Gasteiger charge is 2.17. The topological polar surface area (TPSA) is 69.4 Å². The van der Waals surface area contributed by atoms with Gasteiger partial charge in [0.25, 0.3) is 0 Å². The van der Waals surface area contributed by atoms with Crippen molar-refractivity contribution in [3.05, 3.63) is 66.8 Å². The van der Waals surface area contributed by atoms with Gasteiger partial charge in [0.1, 0.15) is 17.7 Å². The maximum Gasteiger partial charge on any atom is 0.182 e. The summed E-state index contributed by atoms with van der Waals surface area (Å²) < 4.78 is 35.2. The molecular formula is C17H15NO4S. The predicted octanol–water partition coefficient (Wildman–Crippen LogP) is 3.32. The summed E-state index contributed by atoms with van der Waals surface area (Å²) in [5, 5.41) is 0. The van der Waals surface area contributed by atoms with Gasteiger partial charge >= 0.3 is 0 Å². The largest absolute Gasteiger partial charge is 0.496 e. The van der Waals surface area contributed by atoms with E-state index in [1.807, 2.05) is 0 Å². The first kappa shape index (κ1) is 15.3. The Labute approximate surface area is 134 Å². The van der Waals surface area contributed by atoms with Crippen molar-refractivity contribution in [2.45, 2.75) is 10.6 Å². The molecule has 23 heavy (non-hydrogen) atoms. The fourth-order valence-electron chi connectivity index (χ4n) is 2.31. The van der Waals surface area contributed by atoms with Crippen LogP contribution < -0.4 is 4.74 Å². The van der Waals surface area contributed by atoms with Gasteiger partial charge in [0.2, 0.25) is 0 Å². The van der Waals surface area contributed by atoms with Crippen LogP contribution in [0.3, 0.4) is 0 Å². The van der Waals surface area contributed by atoms with Crippen molar-refractivity contribution in [2.75, 3.05) is 7.11 Å². The second-order valence-corrected chi connectivity index (χ2v) is 6.97. The molecule has 0 radical (unpaired) electrons. The van der Waals surface area contributed by atoms with Crippen LogP contribution in [-0.2, 0) is 15.6 Å². The van der Waals surface area contributed by atoms with Crippen LogP contribution in [0, 0.1) is 0 Å². The van der Waals surface area contributed by atoms with E-state index in [1.54, 1.807) is 48.5 Å². The smallest absolute Gasteiger partial charge is 0.182 e. The lowest BCUT2D eigenvalue weighted by atomic mass is 10.1. The summed E-state index contributed by atoms with van der Waals surface area (Å²) in [5.41, 5.74) is 2.04. The van der Waals surface area contributed by atoms with Gasteiger partial charge < -0.3 is 9.15 Å². The van der Waals surface area contributed by atoms with Crippen LogP contribution in [0.5, 0.6) is 5.75 Å². The molecule has 118 valence electrons. The third-order valence-electron chi connectivity index (χ3n) is 3.43. The predicted molar refractivity (Wildman–Crippen MR) is 85.8 cm³/mol. The van der Waals surface area contributed by atoms with E-state index in [0.29, 0.717) is 21.9 Å². The number of sulfone groups is 1. The summed E-state index contributed by atoms with van der Waals surface area (Å²) in [4.78, 5) is 4.39. The Hall–Kier alpha value is -2.60. The van der Waals surface area contributed by atoms with Gasteiger partial charge in [-0.1, -0.05) is 24.3 Å². The molecule has 5 nitrogen and oxygen atoms in total. The molecular weight excluding hydrogens is 314 g/mol. The van der Waals surface area contributed by atoms with E-state index in [0.717, 1.165) is 5.56 Å². The maximum atomic E-state index is 12.4. The van der Waals surface area contributed by atoms with Gasteiger partial charge in [-0.3, -0.25) is 0 Å². The number of rotatable bonds is 5. The van der Waals surface area contributed by atoms with Crippen molar-refractivity contribution < 1.29 is 17.6 Å². The fraction of sp³-hybridized carbons (Fsp3) is 0.118. The van der Waals surface area contributed by atoms with Crippen molar-refractivity contribution in [1.29, 1.82) is 0 Å². The quantitative estimate of drug-likeness (QED) is 0.718. The molecule has 0 aliphatic carbocycles. The molecule has 0 bridgehead atoms. The van der Waals surface area contributed by atoms with E-state index < -0.39 is 9.84 Å². The number of benzene rings is 2. The summed E-state index contributed by atoms with van der Waals surface area (Å²) in [6, 6.07) is 13.6. The summed E-state index contributed by atoms with van der Waals surface area (Å²) in [6.45, 7) is 0. The molecule has 0 atom stereocenters. The standard InChI is InChI=1S/C17H15NO4S/c1-21-17-9-13(7-8-15(17)16-10-22-12-18-16)11-23(19,20)14-5-3-2-4-6-14/h2-10,12H,11H2,1H3. The van der Waals surface area contributed by atoms with Crippen LogP contribution in [0.25, 0.3) is 11.3 Å². The van der Waals surface area contributed by atoms with E-state index in [-0.39, 0.29) is 5.75 Å². The summed E-state index contributed by atoms with van der Waals surface area (Å²) >= 11 is 0. The lowest BCUT2D eigenvalue weighted by molar-refractivity contribution is 0.416. The minimum atomic E-state index is -3.39. The Kier molecular flexibility index (Phi) is 4.16. The minimum absolute atomic E-state index is 0.0908. The maximum absolute atomic E-state index is 12.4. The van der Waals surface area contributed by atoms with Gasteiger partial charge in [-0.25, -0.2) is 13.4 Å². The summed E-state index contributed by atoms with van der Waals surface area (Å²) in [5.74, 6) is 0.464. The number of nitrogens with zero attached hydrogens (tertiary/aromatic N) is 1. The van der Waals surface area contributed by atoms with E-state index in [2.05, 4.69) is 4.98 Å². The highest BCUT2D eigenvalue weighted by molar-refractivity contribution is 7.90. The molecule has 3 aromatic rings. The van der Waals surface area contributed by atoms with Crippen LogP contribution >= 0.6 is 0 Å². The Morgan fingerprint density at radius 2 is 1.91 bits per heavy atom. The van der Waals surface area contributed by atoms with Gasteiger partial charge in [-0.05, 0) is 29.8 Å². The average molecular weight is 329 g/mol. The summed E-state index contributed by atoms with van der Waals surface area (Å²) in [6.07, 6.45) is 2.85. The van der Waals surface area contributed by atoms with Crippen LogP contribution in [-0.4, -0.2) is 20.5 Å². The van der Waals surface area contributed by atoms with Gasteiger partial charge in [0.05, 0.1) is 17.8 Å². The molecule has 0 aliphatic rings. The van der Waals surface area contributed by atoms with E-state index in [9.17, 15) is 8.42 Å². The molecule has 0 spiro atoms. The first-order valence-electron chi connectivity index (χ1n) is 6.93. The van der Waals surface area contributed by atoms with Crippen LogP contribution in [0.4, 0.5) is 0 Å². The molecule has 0 fully saturated rings. The molecule has 1 heterocycles. The third kappa shape index (κ3) is 3.27. The van der Waals surface area contributed by atoms with E-state index in [4.69, 9.17) is 9.15 Å². The number of hydrogen-bond donors (Lipinski definition) is 0. The molecule has 0 amide bonds. The molecule has 6 heteroatoms. The van der Waals surface area contributed by atoms with Crippen molar-refractivity contribution >= 4 is 9.84 Å². The SMILES string of the molecule is COc1cc(CS(=O)(=O)c2ccccc2)ccc1-c1cocn1. The normalized spacial score (nSPS) is 11.3. The summed E-state index contributed by atoms with van der Waals surface area (Å²) in [7, 11) is -1.86. The van der Waals surface area contributed by atoms with E-state index in [1.165, 1.54) is 19.8 Å². The van der Waals surface area contributed by atoms with Gasteiger partial charge in [0.15, 0.2) is 16.2 Å². The number of ether oxygens (including phenoxy) is 1. The Bertz CT molecular complexity index is 888. The zero-order valence-electron chi connectivity index (χ0n) is 12.5. The second-order valence-electron chi connectivity index (χ2n) is 4.98. The molecule has 1 aromatic heterocycles. The Morgan fingerprint density at radius 3 is 2.57 bits per heavy atom. The van der Waals surface area contributed by atoms with E-state index >= 15 is 0 Å². The molecule has 0 saturated heterocycles. The lowest BCUT2D eigenvalue weighted by Crippen LogP contribution is -2.05. The van der Waals surface area contributed by atoms with Crippen molar-refractivity contribution in [3.8, 4) is 17.0 Å². The molecule has 0 aliphatic heterocycles.